The summed E-state index contributed by atoms with van der Waals surface area (Å²) in [6.45, 7) is 0. The van der Waals surface area contributed by atoms with Crippen LogP contribution in [0.4, 0.5) is 11.4 Å². The normalized spacial score (nSPS) is 14.4. The monoisotopic (exact) mass is 266 g/mol. The third-order valence-corrected chi connectivity index (χ3v) is 3.41. The average Bonchev–Trinajstić information content (AvgIpc) is 2.77. The van der Waals surface area contributed by atoms with Gasteiger partial charge < -0.3 is 4.90 Å². The van der Waals surface area contributed by atoms with Gasteiger partial charge in [-0.15, -0.1) is 0 Å². The lowest BCUT2D eigenvalue weighted by Gasteiger charge is -2.21. The average molecular weight is 266 g/mol. The van der Waals surface area contributed by atoms with Gasteiger partial charge in [0.2, 0.25) is 0 Å². The summed E-state index contributed by atoms with van der Waals surface area (Å²) < 4.78 is 0. The topological polar surface area (TPSA) is 40.6 Å². The molecule has 0 fully saturated rings. The molecule has 0 saturated heterocycles. The van der Waals surface area contributed by atoms with Gasteiger partial charge in [-0.2, -0.15) is 0 Å². The molecule has 0 spiro atoms. The predicted octanol–water partition coefficient (Wildman–Crippen LogP) is 2.34. The van der Waals surface area contributed by atoms with Crippen LogP contribution in [0.5, 0.6) is 0 Å². The number of anilines is 2. The zero-order valence-electron chi connectivity index (χ0n) is 11.3. The Hall–Kier alpha value is -2.62. The maximum atomic E-state index is 11.9. The van der Waals surface area contributed by atoms with Gasteiger partial charge >= 0.3 is 0 Å². The first kappa shape index (κ1) is 12.4. The van der Waals surface area contributed by atoms with E-state index in [0.717, 1.165) is 16.5 Å². The minimum absolute atomic E-state index is 0.294. The zero-order valence-corrected chi connectivity index (χ0v) is 11.3. The standard InChI is InChI=1S/C16H14N2O2/c1-17(2)13-7-8-14(12-6-4-3-5-11(12)13)18-15(19)9-10-16(18)20/h3-10H,1-2H3. The van der Waals surface area contributed by atoms with Gasteiger partial charge in [-0.25, -0.2) is 4.90 Å². The number of imide groups is 1. The molecule has 4 nitrogen and oxygen atoms in total. The lowest BCUT2D eigenvalue weighted by Crippen LogP contribution is -2.29. The second kappa shape index (κ2) is 4.49. The second-order valence-electron chi connectivity index (χ2n) is 4.89. The van der Waals surface area contributed by atoms with Crippen molar-refractivity contribution in [1.29, 1.82) is 0 Å². The van der Waals surface area contributed by atoms with E-state index in [0.29, 0.717) is 5.69 Å². The third kappa shape index (κ3) is 1.77. The van der Waals surface area contributed by atoms with Crippen LogP contribution in [0, 0.1) is 0 Å². The molecule has 1 aliphatic rings. The van der Waals surface area contributed by atoms with Crippen LogP contribution in [0.3, 0.4) is 0 Å². The first-order chi connectivity index (χ1) is 9.59. The van der Waals surface area contributed by atoms with E-state index in [-0.39, 0.29) is 11.8 Å². The maximum Gasteiger partial charge on any atom is 0.258 e. The summed E-state index contributed by atoms with van der Waals surface area (Å²) in [4.78, 5) is 26.9. The zero-order chi connectivity index (χ0) is 14.3. The van der Waals surface area contributed by atoms with Crippen molar-refractivity contribution in [3.05, 3.63) is 48.6 Å². The minimum Gasteiger partial charge on any atom is -0.377 e. The van der Waals surface area contributed by atoms with Crippen molar-refractivity contribution in [2.24, 2.45) is 0 Å². The molecule has 2 amide bonds. The number of nitrogens with zero attached hydrogens (tertiary/aromatic N) is 2. The van der Waals surface area contributed by atoms with Crippen LogP contribution in [0.2, 0.25) is 0 Å². The Balaban J connectivity index is 2.26. The van der Waals surface area contributed by atoms with E-state index in [2.05, 4.69) is 0 Å². The second-order valence-corrected chi connectivity index (χ2v) is 4.89. The number of hydrogen-bond donors (Lipinski definition) is 0. The van der Waals surface area contributed by atoms with E-state index in [9.17, 15) is 9.59 Å². The van der Waals surface area contributed by atoms with Crippen LogP contribution in [0.1, 0.15) is 0 Å². The van der Waals surface area contributed by atoms with E-state index >= 15 is 0 Å². The third-order valence-electron chi connectivity index (χ3n) is 3.41. The predicted molar refractivity (Wildman–Crippen MR) is 79.9 cm³/mol. The SMILES string of the molecule is CN(C)c1ccc(N2C(=O)C=CC2=O)c2ccccc12. The number of benzene rings is 2. The molecule has 0 N–H and O–H groups in total. The number of hydrogen-bond acceptors (Lipinski definition) is 3. The summed E-state index contributed by atoms with van der Waals surface area (Å²) in [5.41, 5.74) is 1.68. The molecule has 2 aromatic carbocycles. The summed E-state index contributed by atoms with van der Waals surface area (Å²) in [6, 6.07) is 11.5. The van der Waals surface area contributed by atoms with Gasteiger partial charge in [0.15, 0.2) is 0 Å². The van der Waals surface area contributed by atoms with Gasteiger partial charge in [0.25, 0.3) is 11.8 Å². The van der Waals surface area contributed by atoms with Crippen LogP contribution in [-0.4, -0.2) is 25.9 Å². The van der Waals surface area contributed by atoms with Gasteiger partial charge in [0, 0.05) is 42.7 Å². The summed E-state index contributed by atoms with van der Waals surface area (Å²) in [7, 11) is 3.93. The number of fused-ring (bicyclic) bond motifs is 1. The summed E-state index contributed by atoms with van der Waals surface area (Å²) in [5, 5.41) is 1.91. The molecule has 1 heterocycles. The van der Waals surface area contributed by atoms with Crippen molar-refractivity contribution in [3.63, 3.8) is 0 Å². The number of carbonyl (C=O) groups excluding carboxylic acids is 2. The molecule has 3 rings (SSSR count). The number of amides is 2. The largest absolute Gasteiger partial charge is 0.377 e. The van der Waals surface area contributed by atoms with E-state index in [1.807, 2.05) is 55.4 Å². The Bertz CT molecular complexity index is 729. The smallest absolute Gasteiger partial charge is 0.258 e. The first-order valence-electron chi connectivity index (χ1n) is 6.35. The van der Waals surface area contributed by atoms with Crippen molar-refractivity contribution in [3.8, 4) is 0 Å². The minimum atomic E-state index is -0.294. The van der Waals surface area contributed by atoms with Crippen molar-refractivity contribution >= 4 is 34.0 Å². The summed E-state index contributed by atoms with van der Waals surface area (Å²) in [6.07, 6.45) is 2.61. The number of rotatable bonds is 2. The molecule has 0 bridgehead atoms. The van der Waals surface area contributed by atoms with Gasteiger partial charge in [-0.05, 0) is 12.1 Å². The fraction of sp³-hybridized carbons (Fsp3) is 0.125. The van der Waals surface area contributed by atoms with Crippen LogP contribution in [-0.2, 0) is 9.59 Å². The van der Waals surface area contributed by atoms with Gasteiger partial charge in [0.1, 0.15) is 0 Å². The van der Waals surface area contributed by atoms with E-state index in [4.69, 9.17) is 0 Å². The van der Waals surface area contributed by atoms with Crippen LogP contribution >= 0.6 is 0 Å². The van der Waals surface area contributed by atoms with Gasteiger partial charge in [0.05, 0.1) is 5.69 Å². The Kier molecular flexibility index (Phi) is 2.79. The molecular weight excluding hydrogens is 252 g/mol. The highest BCUT2D eigenvalue weighted by Gasteiger charge is 2.26. The lowest BCUT2D eigenvalue weighted by atomic mass is 10.1. The highest BCUT2D eigenvalue weighted by atomic mass is 16.2. The van der Waals surface area contributed by atoms with Crippen molar-refractivity contribution in [2.45, 2.75) is 0 Å². The Morgan fingerprint density at radius 3 is 2.05 bits per heavy atom. The number of carbonyl (C=O) groups is 2. The Morgan fingerprint density at radius 1 is 0.850 bits per heavy atom. The molecule has 0 saturated carbocycles. The van der Waals surface area contributed by atoms with E-state index in [1.54, 1.807) is 0 Å². The maximum absolute atomic E-state index is 11.9. The highest BCUT2D eigenvalue weighted by molar-refractivity contribution is 6.30. The van der Waals surface area contributed by atoms with Crippen molar-refractivity contribution < 1.29 is 9.59 Å². The van der Waals surface area contributed by atoms with Gasteiger partial charge in [-0.3, -0.25) is 9.59 Å². The first-order valence-corrected chi connectivity index (χ1v) is 6.35. The van der Waals surface area contributed by atoms with Crippen molar-refractivity contribution in [1.82, 2.24) is 0 Å². The fourth-order valence-corrected chi connectivity index (χ4v) is 2.49. The molecule has 0 aromatic heterocycles. The van der Waals surface area contributed by atoms with E-state index < -0.39 is 0 Å². The quantitative estimate of drug-likeness (QED) is 0.783. The van der Waals surface area contributed by atoms with Gasteiger partial charge in [-0.1, -0.05) is 24.3 Å². The highest BCUT2D eigenvalue weighted by Crippen LogP contribution is 2.34. The van der Waals surface area contributed by atoms with E-state index in [1.165, 1.54) is 17.1 Å². The Labute approximate surface area is 116 Å². The van der Waals surface area contributed by atoms with Crippen LogP contribution in [0.25, 0.3) is 10.8 Å². The fourth-order valence-electron chi connectivity index (χ4n) is 2.49. The molecule has 0 atom stereocenters. The summed E-state index contributed by atoms with van der Waals surface area (Å²) >= 11 is 0. The molecular formula is C16H14N2O2. The Morgan fingerprint density at radius 2 is 1.45 bits per heavy atom. The molecule has 0 radical (unpaired) electrons. The van der Waals surface area contributed by atoms with Crippen LogP contribution in [0.15, 0.2) is 48.6 Å². The molecule has 2 aromatic rings. The molecule has 20 heavy (non-hydrogen) atoms. The molecule has 100 valence electrons. The summed E-state index contributed by atoms with van der Waals surface area (Å²) in [5.74, 6) is -0.587. The molecule has 0 unspecified atom stereocenters. The lowest BCUT2D eigenvalue weighted by molar-refractivity contribution is -0.119. The molecule has 0 aliphatic carbocycles. The molecule has 1 aliphatic heterocycles. The molecule has 4 heteroatoms. The van der Waals surface area contributed by atoms with Crippen molar-refractivity contribution in [2.75, 3.05) is 23.9 Å². The van der Waals surface area contributed by atoms with Crippen LogP contribution < -0.4 is 9.80 Å².